The van der Waals surface area contributed by atoms with E-state index in [1.165, 1.54) is 0 Å². The minimum Gasteiger partial charge on any atom is -0.497 e. The van der Waals surface area contributed by atoms with Crippen LogP contribution in [0.5, 0.6) is 17.2 Å². The molecular formula is C23H29NO4. The number of hydrogen-bond acceptors (Lipinski definition) is 4. The van der Waals surface area contributed by atoms with Gasteiger partial charge in [-0.2, -0.15) is 0 Å². The van der Waals surface area contributed by atoms with Crippen LogP contribution in [0.25, 0.3) is 0 Å². The van der Waals surface area contributed by atoms with Crippen LogP contribution in [0.3, 0.4) is 0 Å². The van der Waals surface area contributed by atoms with Crippen molar-refractivity contribution in [2.24, 2.45) is 0 Å². The van der Waals surface area contributed by atoms with Gasteiger partial charge in [0.15, 0.2) is 6.10 Å². The minimum absolute atomic E-state index is 0.125. The van der Waals surface area contributed by atoms with Gasteiger partial charge in [0.25, 0.3) is 5.91 Å². The van der Waals surface area contributed by atoms with E-state index in [1.54, 1.807) is 7.11 Å². The molecule has 0 radical (unpaired) electrons. The van der Waals surface area contributed by atoms with Gasteiger partial charge in [0.1, 0.15) is 22.8 Å². The van der Waals surface area contributed by atoms with E-state index >= 15 is 0 Å². The Labute approximate surface area is 167 Å². The number of fused-ring (bicyclic) bond motifs is 1. The molecule has 0 bridgehead atoms. The number of carbonyl (C=O) groups is 1. The van der Waals surface area contributed by atoms with Crippen molar-refractivity contribution in [1.29, 1.82) is 0 Å². The van der Waals surface area contributed by atoms with Crippen LogP contribution in [0, 0.1) is 6.92 Å². The highest BCUT2D eigenvalue weighted by Crippen LogP contribution is 2.41. The molecule has 0 saturated carbocycles. The third-order valence-electron chi connectivity index (χ3n) is 4.95. The molecule has 0 aromatic heterocycles. The first kappa shape index (κ1) is 20.1. The number of hydrogen-bond donors (Lipinski definition) is 1. The molecule has 0 saturated heterocycles. The Kier molecular flexibility index (Phi) is 5.82. The lowest BCUT2D eigenvalue weighted by Gasteiger charge is -2.38. The summed E-state index contributed by atoms with van der Waals surface area (Å²) in [6.45, 7) is 8.02. The van der Waals surface area contributed by atoms with Crippen LogP contribution in [-0.2, 0) is 4.79 Å². The summed E-state index contributed by atoms with van der Waals surface area (Å²) < 4.78 is 17.4. The zero-order valence-corrected chi connectivity index (χ0v) is 17.2. The summed E-state index contributed by atoms with van der Waals surface area (Å²) in [6.07, 6.45) is 0.694. The van der Waals surface area contributed by atoms with Crippen LogP contribution in [0.1, 0.15) is 50.8 Å². The monoisotopic (exact) mass is 383 g/mol. The Hall–Kier alpha value is -2.69. The van der Waals surface area contributed by atoms with E-state index < -0.39 is 6.10 Å². The molecule has 1 amide bonds. The second kappa shape index (κ2) is 8.13. The first-order chi connectivity index (χ1) is 13.3. The molecule has 0 aliphatic carbocycles. The van der Waals surface area contributed by atoms with Crippen LogP contribution in [0.2, 0.25) is 0 Å². The lowest BCUT2D eigenvalue weighted by Crippen LogP contribution is -2.45. The molecule has 5 heteroatoms. The van der Waals surface area contributed by atoms with E-state index in [-0.39, 0.29) is 17.6 Å². The van der Waals surface area contributed by atoms with Crippen molar-refractivity contribution in [3.8, 4) is 17.2 Å². The first-order valence-corrected chi connectivity index (χ1v) is 9.72. The van der Waals surface area contributed by atoms with Gasteiger partial charge in [-0.15, -0.1) is 0 Å². The Morgan fingerprint density at radius 3 is 2.54 bits per heavy atom. The normalized spacial score (nSPS) is 18.4. The number of carbonyl (C=O) groups excluding carboxylic acids is 1. The second-order valence-electron chi connectivity index (χ2n) is 7.86. The summed E-state index contributed by atoms with van der Waals surface area (Å²) >= 11 is 0. The standard InChI is InChI=1S/C23H29NO4/c1-6-20(27-16-9-7-15(2)8-10-16)22(25)24-19-14-23(3,4)28-21-12-11-17(26-5)13-18(19)21/h7-13,19-20H,6,14H2,1-5H3,(H,24,25)/t19-,20-/m0/s1. The molecule has 2 aromatic carbocycles. The van der Waals surface area contributed by atoms with Crippen molar-refractivity contribution in [2.75, 3.05) is 7.11 Å². The van der Waals surface area contributed by atoms with Crippen LogP contribution >= 0.6 is 0 Å². The van der Waals surface area contributed by atoms with Gasteiger partial charge in [0.2, 0.25) is 0 Å². The maximum absolute atomic E-state index is 13.0. The molecule has 0 spiro atoms. The average molecular weight is 383 g/mol. The van der Waals surface area contributed by atoms with Crippen molar-refractivity contribution in [3.63, 3.8) is 0 Å². The van der Waals surface area contributed by atoms with E-state index in [4.69, 9.17) is 14.2 Å². The topological polar surface area (TPSA) is 56.8 Å². The zero-order chi connectivity index (χ0) is 20.3. The molecule has 3 rings (SSSR count). The molecule has 0 unspecified atom stereocenters. The van der Waals surface area contributed by atoms with E-state index in [2.05, 4.69) is 5.32 Å². The number of nitrogens with one attached hydrogen (secondary N) is 1. The number of amides is 1. The van der Waals surface area contributed by atoms with E-state index in [1.807, 2.05) is 70.2 Å². The number of aryl methyl sites for hydroxylation is 1. The SMILES string of the molecule is CC[C@H](Oc1ccc(C)cc1)C(=O)N[C@H]1CC(C)(C)Oc2ccc(OC)cc21. The maximum Gasteiger partial charge on any atom is 0.261 e. The van der Waals surface area contributed by atoms with E-state index in [0.29, 0.717) is 18.6 Å². The molecule has 5 nitrogen and oxygen atoms in total. The summed E-state index contributed by atoms with van der Waals surface area (Å²) in [5.74, 6) is 2.08. The summed E-state index contributed by atoms with van der Waals surface area (Å²) in [6, 6.07) is 13.3. The average Bonchev–Trinajstić information content (AvgIpc) is 2.66. The molecule has 2 aromatic rings. The molecule has 1 N–H and O–H groups in total. The minimum atomic E-state index is -0.553. The number of rotatable bonds is 6. The van der Waals surface area contributed by atoms with Gasteiger partial charge in [0, 0.05) is 12.0 Å². The van der Waals surface area contributed by atoms with Crippen molar-refractivity contribution in [1.82, 2.24) is 5.32 Å². The van der Waals surface area contributed by atoms with Gasteiger partial charge in [-0.25, -0.2) is 0 Å². The van der Waals surface area contributed by atoms with Gasteiger partial charge < -0.3 is 19.5 Å². The Morgan fingerprint density at radius 2 is 1.89 bits per heavy atom. The predicted molar refractivity (Wildman–Crippen MR) is 109 cm³/mol. The molecule has 1 aliphatic heterocycles. The molecule has 0 fully saturated rings. The van der Waals surface area contributed by atoms with Gasteiger partial charge in [-0.3, -0.25) is 4.79 Å². The maximum atomic E-state index is 13.0. The number of methoxy groups -OCH3 is 1. The van der Waals surface area contributed by atoms with Crippen molar-refractivity contribution >= 4 is 5.91 Å². The molecular weight excluding hydrogens is 354 g/mol. The largest absolute Gasteiger partial charge is 0.497 e. The fourth-order valence-corrected chi connectivity index (χ4v) is 3.46. The highest BCUT2D eigenvalue weighted by molar-refractivity contribution is 5.81. The van der Waals surface area contributed by atoms with Crippen molar-refractivity contribution in [3.05, 3.63) is 53.6 Å². The quantitative estimate of drug-likeness (QED) is 0.793. The second-order valence-corrected chi connectivity index (χ2v) is 7.86. The third kappa shape index (κ3) is 4.58. The Bertz CT molecular complexity index is 829. The molecule has 28 heavy (non-hydrogen) atoms. The van der Waals surface area contributed by atoms with Gasteiger partial charge in [-0.05, 0) is 57.5 Å². The Morgan fingerprint density at radius 1 is 1.21 bits per heavy atom. The van der Waals surface area contributed by atoms with E-state index in [0.717, 1.165) is 22.6 Å². The molecule has 150 valence electrons. The summed E-state index contributed by atoms with van der Waals surface area (Å²) in [5.41, 5.74) is 1.70. The summed E-state index contributed by atoms with van der Waals surface area (Å²) in [4.78, 5) is 13.0. The smallest absolute Gasteiger partial charge is 0.261 e. The molecule has 2 atom stereocenters. The lowest BCUT2D eigenvalue weighted by molar-refractivity contribution is -0.129. The highest BCUT2D eigenvalue weighted by Gasteiger charge is 2.36. The van der Waals surface area contributed by atoms with Crippen LogP contribution < -0.4 is 19.5 Å². The van der Waals surface area contributed by atoms with Crippen LogP contribution in [-0.4, -0.2) is 24.7 Å². The first-order valence-electron chi connectivity index (χ1n) is 9.72. The van der Waals surface area contributed by atoms with Gasteiger partial charge in [0.05, 0.1) is 13.2 Å². The van der Waals surface area contributed by atoms with Gasteiger partial charge in [-0.1, -0.05) is 24.6 Å². The fraction of sp³-hybridized carbons (Fsp3) is 0.435. The summed E-state index contributed by atoms with van der Waals surface area (Å²) in [7, 11) is 1.63. The molecule has 1 heterocycles. The Balaban J connectivity index is 1.79. The third-order valence-corrected chi connectivity index (χ3v) is 4.95. The predicted octanol–water partition coefficient (Wildman–Crippen LogP) is 4.58. The number of benzene rings is 2. The highest BCUT2D eigenvalue weighted by atomic mass is 16.5. The zero-order valence-electron chi connectivity index (χ0n) is 17.2. The van der Waals surface area contributed by atoms with Crippen molar-refractivity contribution < 1.29 is 19.0 Å². The molecule has 1 aliphatic rings. The summed E-state index contributed by atoms with van der Waals surface area (Å²) in [5, 5.41) is 3.17. The van der Waals surface area contributed by atoms with Crippen LogP contribution in [0.15, 0.2) is 42.5 Å². The van der Waals surface area contributed by atoms with E-state index in [9.17, 15) is 4.79 Å². The van der Waals surface area contributed by atoms with Gasteiger partial charge >= 0.3 is 0 Å². The van der Waals surface area contributed by atoms with Crippen molar-refractivity contribution in [2.45, 2.75) is 58.3 Å². The number of ether oxygens (including phenoxy) is 3. The fourth-order valence-electron chi connectivity index (χ4n) is 3.46. The lowest BCUT2D eigenvalue weighted by atomic mass is 9.89. The van der Waals surface area contributed by atoms with Crippen LogP contribution in [0.4, 0.5) is 0 Å².